The summed E-state index contributed by atoms with van der Waals surface area (Å²) in [6.45, 7) is 4.13. The molecule has 0 radical (unpaired) electrons. The molecule has 0 aromatic heterocycles. The number of carbonyl (C=O) groups excluding carboxylic acids is 2. The van der Waals surface area contributed by atoms with Crippen LogP contribution in [0.4, 0.5) is 11.4 Å². The van der Waals surface area contributed by atoms with Crippen LogP contribution >= 0.6 is 11.8 Å². The number of hydrogen-bond donors (Lipinski definition) is 1. The van der Waals surface area contributed by atoms with Gasteiger partial charge in [0.25, 0.3) is 0 Å². The van der Waals surface area contributed by atoms with Gasteiger partial charge in [-0.3, -0.25) is 14.5 Å². The fourth-order valence-corrected chi connectivity index (χ4v) is 5.39. The molecule has 0 bridgehead atoms. The third kappa shape index (κ3) is 4.58. The smallest absolute Gasteiger partial charge is 0.238 e. The number of nitrogens with zero attached hydrogens (tertiary/aromatic N) is 1. The molecular formula is C27H28N2O2S. The second-order valence-electron chi connectivity index (χ2n) is 7.90. The third-order valence-corrected chi connectivity index (χ3v) is 7.08. The van der Waals surface area contributed by atoms with Crippen LogP contribution < -0.4 is 10.2 Å². The van der Waals surface area contributed by atoms with Crippen molar-refractivity contribution in [2.75, 3.05) is 16.0 Å². The molecule has 1 aliphatic heterocycles. The summed E-state index contributed by atoms with van der Waals surface area (Å²) in [6.07, 6.45) is 1.59. The number of anilines is 2. The molecule has 1 N–H and O–H groups in total. The van der Waals surface area contributed by atoms with Crippen LogP contribution in [0.5, 0.6) is 0 Å². The molecule has 2 atom stereocenters. The Hall–Kier alpha value is -3.05. The lowest BCUT2D eigenvalue weighted by atomic mass is 9.95. The molecule has 2 amide bonds. The molecule has 3 aromatic carbocycles. The first-order valence-electron chi connectivity index (χ1n) is 11.1. The summed E-state index contributed by atoms with van der Waals surface area (Å²) in [7, 11) is 0. The Labute approximate surface area is 194 Å². The Morgan fingerprint density at radius 1 is 1.03 bits per heavy atom. The van der Waals surface area contributed by atoms with Gasteiger partial charge in [-0.1, -0.05) is 74.5 Å². The van der Waals surface area contributed by atoms with Gasteiger partial charge in [0, 0.05) is 11.4 Å². The minimum absolute atomic E-state index is 0.0146. The quantitative estimate of drug-likeness (QED) is 0.475. The van der Waals surface area contributed by atoms with Gasteiger partial charge >= 0.3 is 0 Å². The average Bonchev–Trinajstić information content (AvgIpc) is 3.21. The number of hydrogen-bond acceptors (Lipinski definition) is 3. The first kappa shape index (κ1) is 22.2. The van der Waals surface area contributed by atoms with Crippen LogP contribution in [-0.4, -0.2) is 17.6 Å². The largest absolute Gasteiger partial charge is 0.326 e. The van der Waals surface area contributed by atoms with Crippen molar-refractivity contribution in [2.45, 2.75) is 38.0 Å². The van der Waals surface area contributed by atoms with Crippen molar-refractivity contribution in [1.29, 1.82) is 0 Å². The van der Waals surface area contributed by atoms with Crippen molar-refractivity contribution in [3.05, 3.63) is 95.6 Å². The highest BCUT2D eigenvalue weighted by molar-refractivity contribution is 8.00. The van der Waals surface area contributed by atoms with E-state index in [1.807, 2.05) is 84.6 Å². The van der Waals surface area contributed by atoms with E-state index in [9.17, 15) is 9.59 Å². The predicted molar refractivity (Wildman–Crippen MR) is 133 cm³/mol. The zero-order valence-corrected chi connectivity index (χ0v) is 19.3. The maximum atomic E-state index is 13.0. The van der Waals surface area contributed by atoms with Crippen LogP contribution in [-0.2, 0) is 16.0 Å². The number of rotatable bonds is 7. The van der Waals surface area contributed by atoms with E-state index in [0.717, 1.165) is 40.9 Å². The summed E-state index contributed by atoms with van der Waals surface area (Å²) in [5.74, 6) is 0.352. The molecule has 0 spiro atoms. The minimum Gasteiger partial charge on any atom is -0.326 e. The zero-order valence-electron chi connectivity index (χ0n) is 18.5. The topological polar surface area (TPSA) is 49.4 Å². The zero-order chi connectivity index (χ0) is 22.5. The van der Waals surface area contributed by atoms with Gasteiger partial charge in [-0.05, 0) is 47.7 Å². The van der Waals surface area contributed by atoms with E-state index >= 15 is 0 Å². The number of amides is 2. The summed E-state index contributed by atoms with van der Waals surface area (Å²) >= 11 is 1.62. The number of aryl methyl sites for hydroxylation is 1. The lowest BCUT2D eigenvalue weighted by Gasteiger charge is -2.27. The fraction of sp³-hybridized carbons (Fsp3) is 0.259. The van der Waals surface area contributed by atoms with Gasteiger partial charge in [0.05, 0.1) is 11.7 Å². The van der Waals surface area contributed by atoms with E-state index in [1.165, 1.54) is 0 Å². The van der Waals surface area contributed by atoms with Gasteiger partial charge in [-0.25, -0.2) is 0 Å². The average molecular weight is 445 g/mol. The molecule has 4 rings (SSSR count). The van der Waals surface area contributed by atoms with Crippen molar-refractivity contribution < 1.29 is 9.59 Å². The monoisotopic (exact) mass is 444 g/mol. The van der Waals surface area contributed by atoms with Crippen LogP contribution in [0.25, 0.3) is 0 Å². The number of para-hydroxylation sites is 1. The van der Waals surface area contributed by atoms with Crippen molar-refractivity contribution in [3.63, 3.8) is 0 Å². The molecule has 3 aromatic rings. The van der Waals surface area contributed by atoms with Gasteiger partial charge in [-0.15, -0.1) is 11.8 Å². The van der Waals surface area contributed by atoms with Crippen LogP contribution in [0, 0.1) is 0 Å². The Balaban J connectivity index is 1.58. The molecule has 1 aliphatic rings. The summed E-state index contributed by atoms with van der Waals surface area (Å²) in [5.41, 5.74) is 4.91. The second kappa shape index (κ2) is 10.0. The van der Waals surface area contributed by atoms with Crippen molar-refractivity contribution in [1.82, 2.24) is 0 Å². The summed E-state index contributed by atoms with van der Waals surface area (Å²) in [6, 6.07) is 25.8. The molecule has 164 valence electrons. The van der Waals surface area contributed by atoms with Crippen LogP contribution in [0.1, 0.15) is 48.3 Å². The normalized spacial score (nSPS) is 16.8. The van der Waals surface area contributed by atoms with E-state index < -0.39 is 0 Å². The molecule has 5 heteroatoms. The molecule has 4 nitrogen and oxygen atoms in total. The predicted octanol–water partition coefficient (Wildman–Crippen LogP) is 6.16. The lowest BCUT2D eigenvalue weighted by Crippen LogP contribution is -2.28. The number of thioether (sulfide) groups is 1. The molecule has 32 heavy (non-hydrogen) atoms. The Bertz CT molecular complexity index is 1100. The van der Waals surface area contributed by atoms with Gasteiger partial charge < -0.3 is 5.32 Å². The summed E-state index contributed by atoms with van der Waals surface area (Å²) < 4.78 is 0. The van der Waals surface area contributed by atoms with Crippen molar-refractivity contribution in [2.24, 2.45) is 0 Å². The Morgan fingerprint density at radius 2 is 1.78 bits per heavy atom. The molecule has 1 heterocycles. The molecule has 0 saturated carbocycles. The molecule has 0 unspecified atom stereocenters. The molecule has 0 aliphatic carbocycles. The van der Waals surface area contributed by atoms with E-state index in [0.29, 0.717) is 5.75 Å². The highest BCUT2D eigenvalue weighted by Gasteiger charge is 2.35. The van der Waals surface area contributed by atoms with Gasteiger partial charge in [0.1, 0.15) is 5.37 Å². The Morgan fingerprint density at radius 3 is 2.53 bits per heavy atom. The molecule has 1 fully saturated rings. The second-order valence-corrected chi connectivity index (χ2v) is 8.96. The van der Waals surface area contributed by atoms with Crippen molar-refractivity contribution >= 4 is 35.0 Å². The highest BCUT2D eigenvalue weighted by Crippen LogP contribution is 2.43. The van der Waals surface area contributed by atoms with E-state index in [4.69, 9.17) is 0 Å². The SMILES string of the molecule is CCc1ccccc1N1C(=O)CS[C@H]1c1cccc(NC(=O)[C@H](CC)c2ccccc2)c1. The summed E-state index contributed by atoms with van der Waals surface area (Å²) in [4.78, 5) is 27.7. The van der Waals surface area contributed by atoms with Gasteiger partial charge in [0.15, 0.2) is 0 Å². The van der Waals surface area contributed by atoms with Crippen LogP contribution in [0.2, 0.25) is 0 Å². The van der Waals surface area contributed by atoms with Gasteiger partial charge in [-0.2, -0.15) is 0 Å². The number of benzene rings is 3. The lowest BCUT2D eigenvalue weighted by molar-refractivity contribution is -0.118. The maximum Gasteiger partial charge on any atom is 0.238 e. The van der Waals surface area contributed by atoms with Crippen LogP contribution in [0.3, 0.4) is 0 Å². The van der Waals surface area contributed by atoms with Crippen molar-refractivity contribution in [3.8, 4) is 0 Å². The molecular weight excluding hydrogens is 416 g/mol. The Kier molecular flexibility index (Phi) is 6.96. The first-order chi connectivity index (χ1) is 15.6. The van der Waals surface area contributed by atoms with Crippen LogP contribution in [0.15, 0.2) is 78.9 Å². The number of carbonyl (C=O) groups is 2. The van der Waals surface area contributed by atoms with E-state index in [-0.39, 0.29) is 23.1 Å². The standard InChI is InChI=1S/C27H28N2O2S/c1-3-19-11-8-9-16-24(19)29-25(30)18-32-27(29)21-14-10-15-22(17-21)28-26(31)23(4-2)20-12-6-5-7-13-20/h5-17,23,27H,3-4,18H2,1-2H3,(H,28,31)/t23-,27+/m1/s1. The fourth-order valence-electron chi connectivity index (χ4n) is 4.23. The molecule has 1 saturated heterocycles. The third-order valence-electron chi connectivity index (χ3n) is 5.87. The van der Waals surface area contributed by atoms with E-state index in [2.05, 4.69) is 18.3 Å². The van der Waals surface area contributed by atoms with Gasteiger partial charge in [0.2, 0.25) is 11.8 Å². The minimum atomic E-state index is -0.199. The first-order valence-corrected chi connectivity index (χ1v) is 12.1. The maximum absolute atomic E-state index is 13.0. The number of nitrogens with one attached hydrogen (secondary N) is 1. The van der Waals surface area contributed by atoms with E-state index in [1.54, 1.807) is 11.8 Å². The summed E-state index contributed by atoms with van der Waals surface area (Å²) in [5, 5.41) is 2.98. The highest BCUT2D eigenvalue weighted by atomic mass is 32.2.